The van der Waals surface area contributed by atoms with E-state index in [4.69, 9.17) is 9.84 Å². The Kier molecular flexibility index (Phi) is 4.03. The summed E-state index contributed by atoms with van der Waals surface area (Å²) in [6, 6.07) is 0. The molecule has 0 aliphatic heterocycles. The zero-order valence-corrected chi connectivity index (χ0v) is 8.51. The van der Waals surface area contributed by atoms with Gasteiger partial charge in [-0.05, 0) is 20.3 Å². The number of carbonyl (C=O) groups is 1. The molecule has 0 bridgehead atoms. The summed E-state index contributed by atoms with van der Waals surface area (Å²) in [5.74, 6) is -0.852. The molecule has 3 nitrogen and oxygen atoms in total. The Morgan fingerprint density at radius 2 is 2.18 bits per heavy atom. The van der Waals surface area contributed by atoms with Crippen LogP contribution in [0.1, 0.15) is 20.3 Å². The van der Waals surface area contributed by atoms with Crippen LogP contribution >= 0.6 is 15.9 Å². The molecule has 0 rings (SSSR count). The normalized spacial score (nSPS) is 14.5. The zero-order valence-electron chi connectivity index (χ0n) is 6.93. The highest BCUT2D eigenvalue weighted by atomic mass is 79.9. The van der Waals surface area contributed by atoms with Gasteiger partial charge in [-0.1, -0.05) is 15.9 Å². The van der Waals surface area contributed by atoms with Crippen LogP contribution in [0.3, 0.4) is 0 Å². The van der Waals surface area contributed by atoms with E-state index in [-0.39, 0.29) is 5.60 Å². The third kappa shape index (κ3) is 4.37. The van der Waals surface area contributed by atoms with Gasteiger partial charge in [0.2, 0.25) is 0 Å². The Balaban J connectivity index is 3.93. The predicted octanol–water partition coefficient (Wildman–Crippen LogP) is 1.65. The summed E-state index contributed by atoms with van der Waals surface area (Å²) in [4.78, 5) is 9.86. The van der Waals surface area contributed by atoms with E-state index in [2.05, 4.69) is 15.9 Å². The van der Waals surface area contributed by atoms with Crippen LogP contribution in [0.2, 0.25) is 0 Å². The highest BCUT2D eigenvalue weighted by molar-refractivity contribution is 9.10. The van der Waals surface area contributed by atoms with E-state index in [0.717, 1.165) is 0 Å². The molecule has 0 fully saturated rings. The van der Waals surface area contributed by atoms with Crippen molar-refractivity contribution in [2.45, 2.75) is 30.7 Å². The van der Waals surface area contributed by atoms with Gasteiger partial charge in [0.05, 0.1) is 5.60 Å². The first-order valence-corrected chi connectivity index (χ1v) is 4.22. The van der Waals surface area contributed by atoms with Crippen LogP contribution in [0, 0.1) is 0 Å². The molecule has 0 aromatic heterocycles. The molecule has 1 N–H and O–H groups in total. The van der Waals surface area contributed by atoms with E-state index in [1.165, 1.54) is 0 Å². The molecule has 1 unspecified atom stereocenters. The van der Waals surface area contributed by atoms with Crippen molar-refractivity contribution in [1.82, 2.24) is 0 Å². The van der Waals surface area contributed by atoms with Gasteiger partial charge in [0.25, 0.3) is 0 Å². The molecule has 0 aromatic rings. The van der Waals surface area contributed by atoms with E-state index in [1.807, 2.05) is 13.8 Å². The van der Waals surface area contributed by atoms with Crippen molar-refractivity contribution in [3.05, 3.63) is 0 Å². The van der Waals surface area contributed by atoms with Gasteiger partial charge in [0, 0.05) is 7.11 Å². The fraction of sp³-hybridized carbons (Fsp3) is 0.857. The van der Waals surface area contributed by atoms with Gasteiger partial charge >= 0.3 is 5.97 Å². The van der Waals surface area contributed by atoms with Gasteiger partial charge in [-0.25, -0.2) is 0 Å². The van der Waals surface area contributed by atoms with Crippen molar-refractivity contribution >= 4 is 21.9 Å². The van der Waals surface area contributed by atoms with Crippen molar-refractivity contribution in [3.8, 4) is 0 Å². The number of aliphatic carboxylic acids is 1. The lowest BCUT2D eigenvalue weighted by molar-refractivity contribution is -0.137. The molecule has 0 aliphatic carbocycles. The van der Waals surface area contributed by atoms with Crippen LogP contribution < -0.4 is 0 Å². The molecule has 0 amide bonds. The number of hydrogen-bond acceptors (Lipinski definition) is 2. The van der Waals surface area contributed by atoms with Crippen LogP contribution in [-0.2, 0) is 9.53 Å². The van der Waals surface area contributed by atoms with E-state index in [0.29, 0.717) is 6.42 Å². The second kappa shape index (κ2) is 4.07. The van der Waals surface area contributed by atoms with Crippen molar-refractivity contribution < 1.29 is 14.6 Å². The summed E-state index contributed by atoms with van der Waals surface area (Å²) in [7, 11) is 1.57. The maximum absolute atomic E-state index is 10.4. The minimum Gasteiger partial charge on any atom is -0.480 e. The highest BCUT2D eigenvalue weighted by Gasteiger charge is 2.25. The number of carboxylic acids is 1. The largest absolute Gasteiger partial charge is 0.480 e. The van der Waals surface area contributed by atoms with Crippen LogP contribution in [-0.4, -0.2) is 28.6 Å². The van der Waals surface area contributed by atoms with E-state index in [1.54, 1.807) is 7.11 Å². The summed E-state index contributed by atoms with van der Waals surface area (Å²) in [6.07, 6.45) is 0.457. The van der Waals surface area contributed by atoms with Crippen LogP contribution in [0.25, 0.3) is 0 Å². The fourth-order valence-corrected chi connectivity index (χ4v) is 1.38. The number of halogens is 1. The lowest BCUT2D eigenvalue weighted by atomic mass is 10.0. The molecule has 0 saturated heterocycles. The van der Waals surface area contributed by atoms with E-state index < -0.39 is 10.8 Å². The van der Waals surface area contributed by atoms with Crippen molar-refractivity contribution in [1.29, 1.82) is 0 Å². The summed E-state index contributed by atoms with van der Waals surface area (Å²) in [5.41, 5.74) is -0.382. The first-order chi connectivity index (χ1) is 4.89. The molecular weight excluding hydrogens is 212 g/mol. The number of methoxy groups -OCH3 is 1. The SMILES string of the molecule is COC(C)(C)CC(Br)C(=O)O. The smallest absolute Gasteiger partial charge is 0.317 e. The van der Waals surface area contributed by atoms with Crippen molar-refractivity contribution in [2.24, 2.45) is 0 Å². The molecule has 0 spiro atoms. The van der Waals surface area contributed by atoms with Crippen LogP contribution in [0.4, 0.5) is 0 Å². The Hall–Kier alpha value is -0.0900. The van der Waals surface area contributed by atoms with Gasteiger partial charge in [-0.2, -0.15) is 0 Å². The topological polar surface area (TPSA) is 46.5 Å². The van der Waals surface area contributed by atoms with Gasteiger partial charge in [0.1, 0.15) is 4.83 Å². The lowest BCUT2D eigenvalue weighted by Gasteiger charge is -2.23. The number of alkyl halides is 1. The van der Waals surface area contributed by atoms with E-state index in [9.17, 15) is 4.79 Å². The Bertz CT molecular complexity index is 145. The minimum atomic E-state index is -0.852. The number of hydrogen-bond donors (Lipinski definition) is 1. The maximum Gasteiger partial charge on any atom is 0.317 e. The molecule has 0 saturated carbocycles. The van der Waals surface area contributed by atoms with E-state index >= 15 is 0 Å². The van der Waals surface area contributed by atoms with Gasteiger partial charge < -0.3 is 9.84 Å². The van der Waals surface area contributed by atoms with Gasteiger partial charge in [-0.3, -0.25) is 4.79 Å². The average Bonchev–Trinajstić information content (AvgIpc) is 1.87. The fourth-order valence-electron chi connectivity index (χ4n) is 0.602. The maximum atomic E-state index is 10.4. The van der Waals surface area contributed by atoms with Crippen molar-refractivity contribution in [2.75, 3.05) is 7.11 Å². The highest BCUT2D eigenvalue weighted by Crippen LogP contribution is 2.20. The zero-order chi connectivity index (χ0) is 9.07. The molecule has 0 radical (unpaired) electrons. The monoisotopic (exact) mass is 224 g/mol. The quantitative estimate of drug-likeness (QED) is 0.740. The molecular formula is C7H13BrO3. The summed E-state index contributed by atoms with van der Waals surface area (Å²) in [5, 5.41) is 8.54. The molecule has 4 heteroatoms. The Morgan fingerprint density at radius 1 is 1.73 bits per heavy atom. The average molecular weight is 225 g/mol. The minimum absolute atomic E-state index is 0.382. The van der Waals surface area contributed by atoms with Gasteiger partial charge in [0.15, 0.2) is 0 Å². The molecule has 66 valence electrons. The number of carboxylic acid groups (broad SMARTS) is 1. The summed E-state index contributed by atoms with van der Waals surface area (Å²) >= 11 is 3.04. The first kappa shape index (κ1) is 10.9. The number of ether oxygens (including phenoxy) is 1. The second-order valence-corrected chi connectivity index (χ2v) is 4.08. The summed E-state index contributed by atoms with van der Waals surface area (Å²) < 4.78 is 5.07. The Labute approximate surface area is 74.9 Å². The molecule has 0 aromatic carbocycles. The summed E-state index contributed by atoms with van der Waals surface area (Å²) in [6.45, 7) is 3.70. The third-order valence-corrected chi connectivity index (χ3v) is 2.21. The van der Waals surface area contributed by atoms with Gasteiger partial charge in [-0.15, -0.1) is 0 Å². The van der Waals surface area contributed by atoms with Crippen molar-refractivity contribution in [3.63, 3.8) is 0 Å². The number of rotatable bonds is 4. The lowest BCUT2D eigenvalue weighted by Crippen LogP contribution is -2.29. The third-order valence-electron chi connectivity index (χ3n) is 1.49. The first-order valence-electron chi connectivity index (χ1n) is 3.31. The molecule has 11 heavy (non-hydrogen) atoms. The molecule has 0 heterocycles. The predicted molar refractivity (Wildman–Crippen MR) is 46.1 cm³/mol. The second-order valence-electron chi connectivity index (χ2n) is 2.97. The van der Waals surface area contributed by atoms with Crippen LogP contribution in [0.15, 0.2) is 0 Å². The Morgan fingerprint density at radius 3 is 2.45 bits per heavy atom. The standard InChI is InChI=1S/C7H13BrO3/c1-7(2,11-3)4-5(8)6(9)10/h5H,4H2,1-3H3,(H,9,10). The molecule has 0 aliphatic rings. The van der Waals surface area contributed by atoms with Crippen LogP contribution in [0.5, 0.6) is 0 Å². The molecule has 1 atom stereocenters.